The van der Waals surface area contributed by atoms with Crippen molar-refractivity contribution in [2.24, 2.45) is 5.73 Å². The van der Waals surface area contributed by atoms with Gasteiger partial charge in [-0.05, 0) is 48.9 Å². The molecule has 0 radical (unpaired) electrons. The van der Waals surface area contributed by atoms with E-state index in [4.69, 9.17) is 16.2 Å². The van der Waals surface area contributed by atoms with Crippen LogP contribution in [0.25, 0.3) is 0 Å². The summed E-state index contributed by atoms with van der Waals surface area (Å²) in [5, 5.41) is 0. The van der Waals surface area contributed by atoms with E-state index in [1.807, 2.05) is 6.92 Å². The number of carbonyl (C=O) groups is 1. The molecule has 1 amide bonds. The van der Waals surface area contributed by atoms with E-state index in [1.165, 1.54) is 0 Å². The maximum Gasteiger partial charge on any atom is 0.252 e. The predicted molar refractivity (Wildman–Crippen MR) is 78.3 cm³/mol. The highest BCUT2D eigenvalue weighted by Gasteiger charge is 2.12. The fraction of sp³-hybridized carbons (Fsp3) is 0.0714. The van der Waals surface area contributed by atoms with Gasteiger partial charge in [-0.1, -0.05) is 15.9 Å². The molecule has 2 rings (SSSR count). The molecular weight excluding hydrogens is 308 g/mol. The summed E-state index contributed by atoms with van der Waals surface area (Å²) in [7, 11) is 0. The Labute approximate surface area is 119 Å². The second-order valence-electron chi connectivity index (χ2n) is 4.13. The van der Waals surface area contributed by atoms with Crippen LogP contribution in [0.1, 0.15) is 15.9 Å². The quantitative estimate of drug-likeness (QED) is 0.852. The number of benzene rings is 2. The topological polar surface area (TPSA) is 78.3 Å². The lowest BCUT2D eigenvalue weighted by Gasteiger charge is -2.12. The van der Waals surface area contributed by atoms with Crippen molar-refractivity contribution < 1.29 is 9.53 Å². The maximum atomic E-state index is 11.4. The van der Waals surface area contributed by atoms with Gasteiger partial charge in [0.1, 0.15) is 11.5 Å². The standard InChI is InChI=1S/C14H13BrN2O2/c1-8-6-10(16)3-5-12(8)19-13-4-2-9(15)7-11(13)14(17)18/h2-7H,16H2,1H3,(H2,17,18). The van der Waals surface area contributed by atoms with Crippen LogP contribution >= 0.6 is 15.9 Å². The molecule has 4 nitrogen and oxygen atoms in total. The van der Waals surface area contributed by atoms with Crippen LogP contribution in [-0.2, 0) is 0 Å². The molecule has 98 valence electrons. The van der Waals surface area contributed by atoms with Gasteiger partial charge in [0, 0.05) is 10.2 Å². The number of carbonyl (C=O) groups excluding carboxylic acids is 1. The number of ether oxygens (including phenoxy) is 1. The lowest BCUT2D eigenvalue weighted by Crippen LogP contribution is -2.12. The molecule has 0 aliphatic heterocycles. The Hall–Kier alpha value is -2.01. The minimum absolute atomic E-state index is 0.325. The summed E-state index contributed by atoms with van der Waals surface area (Å²) in [5.74, 6) is 0.520. The monoisotopic (exact) mass is 320 g/mol. The summed E-state index contributed by atoms with van der Waals surface area (Å²) in [6.45, 7) is 1.88. The summed E-state index contributed by atoms with van der Waals surface area (Å²) >= 11 is 3.29. The summed E-state index contributed by atoms with van der Waals surface area (Å²) < 4.78 is 6.50. The minimum Gasteiger partial charge on any atom is -0.456 e. The van der Waals surface area contributed by atoms with Crippen LogP contribution in [0.2, 0.25) is 0 Å². The van der Waals surface area contributed by atoms with Crippen LogP contribution in [0.3, 0.4) is 0 Å². The van der Waals surface area contributed by atoms with Crippen LogP contribution in [0, 0.1) is 6.92 Å². The van der Waals surface area contributed by atoms with Crippen LogP contribution < -0.4 is 16.2 Å². The molecule has 0 atom stereocenters. The largest absolute Gasteiger partial charge is 0.456 e. The molecule has 0 heterocycles. The van der Waals surface area contributed by atoms with Crippen molar-refractivity contribution in [2.75, 3.05) is 5.73 Å². The average Bonchev–Trinajstić information content (AvgIpc) is 2.34. The molecule has 0 saturated heterocycles. The molecule has 2 aromatic carbocycles. The average molecular weight is 321 g/mol. The zero-order chi connectivity index (χ0) is 14.0. The van der Waals surface area contributed by atoms with E-state index in [1.54, 1.807) is 36.4 Å². The number of aryl methyl sites for hydroxylation is 1. The van der Waals surface area contributed by atoms with Gasteiger partial charge < -0.3 is 16.2 Å². The van der Waals surface area contributed by atoms with Crippen LogP contribution in [-0.4, -0.2) is 5.91 Å². The van der Waals surface area contributed by atoms with Gasteiger partial charge >= 0.3 is 0 Å². The number of rotatable bonds is 3. The Bertz CT molecular complexity index is 641. The highest BCUT2D eigenvalue weighted by molar-refractivity contribution is 9.10. The van der Waals surface area contributed by atoms with Crippen molar-refractivity contribution in [1.29, 1.82) is 0 Å². The third-order valence-corrected chi connectivity index (χ3v) is 3.12. The molecule has 0 aromatic heterocycles. The Morgan fingerprint density at radius 2 is 1.84 bits per heavy atom. The first-order chi connectivity index (χ1) is 8.97. The third-order valence-electron chi connectivity index (χ3n) is 2.63. The molecule has 0 bridgehead atoms. The van der Waals surface area contributed by atoms with Gasteiger partial charge in [0.2, 0.25) is 0 Å². The number of halogens is 1. The first kappa shape index (κ1) is 13.4. The van der Waals surface area contributed by atoms with Gasteiger partial charge in [0.25, 0.3) is 5.91 Å². The molecular formula is C14H13BrN2O2. The van der Waals surface area contributed by atoms with Crippen LogP contribution in [0.5, 0.6) is 11.5 Å². The van der Waals surface area contributed by atoms with Crippen molar-refractivity contribution in [2.45, 2.75) is 6.92 Å². The summed E-state index contributed by atoms with van der Waals surface area (Å²) in [6.07, 6.45) is 0. The third kappa shape index (κ3) is 3.06. The van der Waals surface area contributed by atoms with Crippen molar-refractivity contribution in [1.82, 2.24) is 0 Å². The first-order valence-corrected chi connectivity index (χ1v) is 6.40. The Kier molecular flexibility index (Phi) is 3.76. The smallest absolute Gasteiger partial charge is 0.252 e. The summed E-state index contributed by atoms with van der Waals surface area (Å²) in [4.78, 5) is 11.4. The maximum absolute atomic E-state index is 11.4. The number of hydrogen-bond donors (Lipinski definition) is 2. The lowest BCUT2D eigenvalue weighted by atomic mass is 10.1. The first-order valence-electron chi connectivity index (χ1n) is 5.60. The zero-order valence-corrected chi connectivity index (χ0v) is 11.9. The van der Waals surface area contributed by atoms with Gasteiger partial charge in [0.05, 0.1) is 5.56 Å². The molecule has 0 aliphatic carbocycles. The normalized spacial score (nSPS) is 10.2. The number of primary amides is 1. The minimum atomic E-state index is -0.538. The lowest BCUT2D eigenvalue weighted by molar-refractivity contribution is 0.0998. The Morgan fingerprint density at radius 1 is 1.16 bits per heavy atom. The number of hydrogen-bond acceptors (Lipinski definition) is 3. The fourth-order valence-electron chi connectivity index (χ4n) is 1.69. The molecule has 2 aromatic rings. The molecule has 19 heavy (non-hydrogen) atoms. The van der Waals surface area contributed by atoms with Crippen molar-refractivity contribution >= 4 is 27.5 Å². The van der Waals surface area contributed by atoms with Crippen molar-refractivity contribution in [3.63, 3.8) is 0 Å². The van der Waals surface area contributed by atoms with E-state index in [9.17, 15) is 4.79 Å². The molecule has 0 saturated carbocycles. The SMILES string of the molecule is Cc1cc(N)ccc1Oc1ccc(Br)cc1C(N)=O. The van der Waals surface area contributed by atoms with Gasteiger partial charge in [-0.2, -0.15) is 0 Å². The molecule has 0 unspecified atom stereocenters. The zero-order valence-electron chi connectivity index (χ0n) is 10.3. The van der Waals surface area contributed by atoms with E-state index in [-0.39, 0.29) is 0 Å². The Balaban J connectivity index is 2.40. The highest BCUT2D eigenvalue weighted by atomic mass is 79.9. The van der Waals surface area contributed by atoms with E-state index < -0.39 is 5.91 Å². The number of anilines is 1. The molecule has 4 N–H and O–H groups in total. The van der Waals surface area contributed by atoms with E-state index in [0.717, 1.165) is 10.0 Å². The van der Waals surface area contributed by atoms with Gasteiger partial charge in [-0.15, -0.1) is 0 Å². The van der Waals surface area contributed by atoms with E-state index in [0.29, 0.717) is 22.7 Å². The molecule has 0 aliphatic rings. The van der Waals surface area contributed by atoms with Gasteiger partial charge in [-0.25, -0.2) is 0 Å². The van der Waals surface area contributed by atoms with Crippen molar-refractivity contribution in [3.8, 4) is 11.5 Å². The molecule has 0 spiro atoms. The van der Waals surface area contributed by atoms with Crippen LogP contribution in [0.4, 0.5) is 5.69 Å². The summed E-state index contributed by atoms with van der Waals surface area (Å²) in [5.41, 5.74) is 12.9. The summed E-state index contributed by atoms with van der Waals surface area (Å²) in [6, 6.07) is 10.4. The second kappa shape index (κ2) is 5.32. The second-order valence-corrected chi connectivity index (χ2v) is 5.05. The number of amides is 1. The van der Waals surface area contributed by atoms with Crippen molar-refractivity contribution in [3.05, 3.63) is 52.0 Å². The molecule has 5 heteroatoms. The fourth-order valence-corrected chi connectivity index (χ4v) is 2.05. The molecule has 0 fully saturated rings. The Morgan fingerprint density at radius 3 is 2.47 bits per heavy atom. The predicted octanol–water partition coefficient (Wildman–Crippen LogP) is 3.23. The van der Waals surface area contributed by atoms with Crippen LogP contribution in [0.15, 0.2) is 40.9 Å². The van der Waals surface area contributed by atoms with Gasteiger partial charge in [-0.3, -0.25) is 4.79 Å². The van der Waals surface area contributed by atoms with E-state index >= 15 is 0 Å². The number of nitrogens with two attached hydrogens (primary N) is 2. The highest BCUT2D eigenvalue weighted by Crippen LogP contribution is 2.30. The van der Waals surface area contributed by atoms with Gasteiger partial charge in [0.15, 0.2) is 0 Å². The van der Waals surface area contributed by atoms with E-state index in [2.05, 4.69) is 15.9 Å². The number of nitrogen functional groups attached to an aromatic ring is 1.